The second-order valence-corrected chi connectivity index (χ2v) is 10.2. The van der Waals surface area contributed by atoms with Crippen molar-refractivity contribution in [2.75, 3.05) is 11.6 Å². The number of hydrogen-bond acceptors (Lipinski definition) is 5. The number of sulfone groups is 1. The first-order valence-electron chi connectivity index (χ1n) is 10.4. The third-order valence-corrected chi connectivity index (χ3v) is 6.75. The van der Waals surface area contributed by atoms with Gasteiger partial charge in [0.2, 0.25) is 5.91 Å². The van der Waals surface area contributed by atoms with Crippen LogP contribution in [-0.2, 0) is 9.84 Å². The minimum absolute atomic E-state index is 0.00672. The molecule has 1 heterocycles. The summed E-state index contributed by atoms with van der Waals surface area (Å²) in [5.74, 6) is -1.21. The van der Waals surface area contributed by atoms with E-state index in [1.165, 1.54) is 24.3 Å². The van der Waals surface area contributed by atoms with E-state index in [1.54, 1.807) is 54.7 Å². The van der Waals surface area contributed by atoms with Crippen molar-refractivity contribution < 1.29 is 18.0 Å². The highest BCUT2D eigenvalue weighted by atomic mass is 35.5. The lowest BCUT2D eigenvalue weighted by Crippen LogP contribution is -2.16. The van der Waals surface area contributed by atoms with E-state index in [9.17, 15) is 18.0 Å². The fourth-order valence-electron chi connectivity index (χ4n) is 3.63. The predicted molar refractivity (Wildman–Crippen MR) is 136 cm³/mol. The number of carbonyl (C=O) groups excluding carboxylic acids is 2. The Morgan fingerprint density at radius 2 is 1.60 bits per heavy atom. The van der Waals surface area contributed by atoms with Crippen molar-refractivity contribution in [3.8, 4) is 22.4 Å². The molecular weight excluding hydrogens is 486 g/mol. The summed E-state index contributed by atoms with van der Waals surface area (Å²) in [6.07, 6.45) is 2.71. The topological polar surface area (TPSA) is 119 Å². The van der Waals surface area contributed by atoms with Crippen LogP contribution in [0.25, 0.3) is 22.4 Å². The summed E-state index contributed by atoms with van der Waals surface area (Å²) in [5, 5.41) is 3.29. The molecule has 0 bridgehead atoms. The van der Waals surface area contributed by atoms with E-state index >= 15 is 0 Å². The number of rotatable bonds is 6. The van der Waals surface area contributed by atoms with Crippen molar-refractivity contribution in [3.05, 3.63) is 101 Å². The van der Waals surface area contributed by atoms with E-state index in [0.717, 1.165) is 6.26 Å². The third kappa shape index (κ3) is 5.24. The van der Waals surface area contributed by atoms with Crippen LogP contribution in [0.15, 0.2) is 90.0 Å². The Kier molecular flexibility index (Phi) is 6.68. The number of aromatic nitrogens is 1. The predicted octanol–water partition coefficient (Wildman–Crippen LogP) is 4.82. The van der Waals surface area contributed by atoms with E-state index < -0.39 is 21.7 Å². The number of primary amides is 1. The van der Waals surface area contributed by atoms with Crippen LogP contribution in [0.3, 0.4) is 0 Å². The third-order valence-electron chi connectivity index (χ3n) is 5.31. The molecule has 4 aromatic rings. The summed E-state index contributed by atoms with van der Waals surface area (Å²) in [7, 11) is -3.58. The Bertz CT molecular complexity index is 1550. The van der Waals surface area contributed by atoms with Gasteiger partial charge in [0.05, 0.1) is 15.6 Å². The highest BCUT2D eigenvalue weighted by molar-refractivity contribution is 7.90. The molecule has 0 unspecified atom stereocenters. The van der Waals surface area contributed by atoms with Crippen LogP contribution in [0.5, 0.6) is 0 Å². The van der Waals surface area contributed by atoms with E-state index in [-0.39, 0.29) is 21.6 Å². The number of hydrogen-bond donors (Lipinski definition) is 2. The first-order chi connectivity index (χ1) is 16.6. The van der Waals surface area contributed by atoms with Gasteiger partial charge in [0, 0.05) is 34.8 Å². The molecule has 0 radical (unpaired) electrons. The monoisotopic (exact) mass is 505 g/mol. The van der Waals surface area contributed by atoms with Gasteiger partial charge >= 0.3 is 0 Å². The molecule has 35 heavy (non-hydrogen) atoms. The minimum atomic E-state index is -3.58. The second-order valence-electron chi connectivity index (χ2n) is 7.75. The molecule has 1 aromatic heterocycles. The molecule has 176 valence electrons. The number of amides is 2. The van der Waals surface area contributed by atoms with Gasteiger partial charge in [0.15, 0.2) is 9.84 Å². The number of halogens is 1. The van der Waals surface area contributed by atoms with Crippen LogP contribution in [0.4, 0.5) is 5.69 Å². The minimum Gasteiger partial charge on any atom is -0.366 e. The molecule has 4 rings (SSSR count). The number of nitrogens with two attached hydrogens (primary N) is 1. The number of pyridine rings is 1. The molecule has 3 N–H and O–H groups in total. The zero-order valence-corrected chi connectivity index (χ0v) is 20.1. The Labute approximate surface area is 207 Å². The zero-order valence-electron chi connectivity index (χ0n) is 18.5. The maximum atomic E-state index is 13.4. The lowest BCUT2D eigenvalue weighted by atomic mass is 9.94. The molecule has 0 saturated heterocycles. The lowest BCUT2D eigenvalue weighted by molar-refractivity contribution is 0.0997. The average Bonchev–Trinajstić information content (AvgIpc) is 2.84. The molecule has 0 aliphatic rings. The van der Waals surface area contributed by atoms with Gasteiger partial charge < -0.3 is 11.1 Å². The van der Waals surface area contributed by atoms with Crippen molar-refractivity contribution >= 4 is 38.9 Å². The van der Waals surface area contributed by atoms with Crippen molar-refractivity contribution in [3.63, 3.8) is 0 Å². The van der Waals surface area contributed by atoms with E-state index in [4.69, 9.17) is 17.3 Å². The number of nitrogens with zero attached hydrogens (tertiary/aromatic N) is 1. The maximum absolute atomic E-state index is 13.4. The second kappa shape index (κ2) is 9.69. The summed E-state index contributed by atoms with van der Waals surface area (Å²) in [5.41, 5.74) is 8.21. The van der Waals surface area contributed by atoms with Crippen molar-refractivity contribution in [1.82, 2.24) is 4.98 Å². The zero-order chi connectivity index (χ0) is 25.2. The fraction of sp³-hybridized carbons (Fsp3) is 0.0385. The van der Waals surface area contributed by atoms with Gasteiger partial charge in [-0.15, -0.1) is 0 Å². The summed E-state index contributed by atoms with van der Waals surface area (Å²) in [6.45, 7) is 0. The first kappa shape index (κ1) is 24.1. The smallest absolute Gasteiger partial charge is 0.256 e. The summed E-state index contributed by atoms with van der Waals surface area (Å²) in [4.78, 5) is 29.7. The lowest BCUT2D eigenvalue weighted by Gasteiger charge is -2.15. The molecule has 7 nitrogen and oxygen atoms in total. The van der Waals surface area contributed by atoms with Crippen molar-refractivity contribution in [2.45, 2.75) is 4.90 Å². The number of carbonyl (C=O) groups is 2. The average molecular weight is 506 g/mol. The van der Waals surface area contributed by atoms with Crippen LogP contribution < -0.4 is 11.1 Å². The van der Waals surface area contributed by atoms with Gasteiger partial charge in [-0.25, -0.2) is 8.42 Å². The fourth-order valence-corrected chi connectivity index (χ4v) is 4.49. The first-order valence-corrected chi connectivity index (χ1v) is 12.7. The molecule has 0 aliphatic heterocycles. The quantitative estimate of drug-likeness (QED) is 0.389. The number of benzene rings is 3. The molecule has 0 aliphatic carbocycles. The Morgan fingerprint density at radius 3 is 2.29 bits per heavy atom. The number of anilines is 1. The molecule has 0 spiro atoms. The standard InChI is InChI=1S/C26H20ClN3O4S/c1-35(33,34)17-10-11-20(21(15-17)18-6-2-3-7-19(18)25(28)31)26(32)30-16-9-12-23(27)22(14-16)24-8-4-5-13-29-24/h2-15H,1H3,(H2,28,31)(H,30,32). The largest absolute Gasteiger partial charge is 0.366 e. The molecule has 0 atom stereocenters. The van der Waals surface area contributed by atoms with Gasteiger partial charge in [-0.2, -0.15) is 0 Å². The van der Waals surface area contributed by atoms with Crippen LogP contribution in [0.2, 0.25) is 5.02 Å². The number of nitrogens with one attached hydrogen (secondary N) is 1. The summed E-state index contributed by atoms with van der Waals surface area (Å²) in [6, 6.07) is 21.0. The van der Waals surface area contributed by atoms with Gasteiger partial charge in [0.1, 0.15) is 0 Å². The maximum Gasteiger partial charge on any atom is 0.256 e. The molecular formula is C26H20ClN3O4S. The van der Waals surface area contributed by atoms with E-state index in [2.05, 4.69) is 10.3 Å². The van der Waals surface area contributed by atoms with Crippen LogP contribution in [-0.4, -0.2) is 31.5 Å². The van der Waals surface area contributed by atoms with Crippen LogP contribution in [0, 0.1) is 0 Å². The Hall–Kier alpha value is -4.01. The van der Waals surface area contributed by atoms with E-state index in [0.29, 0.717) is 27.5 Å². The Morgan fingerprint density at radius 1 is 0.857 bits per heavy atom. The van der Waals surface area contributed by atoms with Crippen molar-refractivity contribution in [1.29, 1.82) is 0 Å². The van der Waals surface area contributed by atoms with Crippen molar-refractivity contribution in [2.24, 2.45) is 5.73 Å². The molecule has 2 amide bonds. The van der Waals surface area contributed by atoms with E-state index in [1.807, 2.05) is 6.07 Å². The van der Waals surface area contributed by atoms with Crippen LogP contribution in [0.1, 0.15) is 20.7 Å². The Balaban J connectivity index is 1.80. The molecule has 9 heteroatoms. The van der Waals surface area contributed by atoms with Gasteiger partial charge in [-0.3, -0.25) is 14.6 Å². The van der Waals surface area contributed by atoms with Crippen LogP contribution >= 0.6 is 11.6 Å². The SMILES string of the molecule is CS(=O)(=O)c1ccc(C(=O)Nc2ccc(Cl)c(-c3ccccn3)c2)c(-c2ccccc2C(N)=O)c1. The summed E-state index contributed by atoms with van der Waals surface area (Å²) >= 11 is 6.34. The van der Waals surface area contributed by atoms with Gasteiger partial charge in [-0.1, -0.05) is 35.9 Å². The summed E-state index contributed by atoms with van der Waals surface area (Å²) < 4.78 is 24.4. The van der Waals surface area contributed by atoms with Gasteiger partial charge in [0.25, 0.3) is 5.91 Å². The normalized spacial score (nSPS) is 11.1. The molecule has 0 saturated carbocycles. The highest BCUT2D eigenvalue weighted by Gasteiger charge is 2.20. The highest BCUT2D eigenvalue weighted by Crippen LogP contribution is 2.32. The van der Waals surface area contributed by atoms with Gasteiger partial charge in [-0.05, 0) is 65.7 Å². The molecule has 3 aromatic carbocycles. The molecule has 0 fully saturated rings.